The Hall–Kier alpha value is -3.67. The van der Waals surface area contributed by atoms with Crippen molar-refractivity contribution in [2.24, 2.45) is 0 Å². The summed E-state index contributed by atoms with van der Waals surface area (Å²) in [6, 6.07) is 0. The summed E-state index contributed by atoms with van der Waals surface area (Å²) in [6.45, 7) is 6.40. The predicted octanol–water partition coefficient (Wildman–Crippen LogP) is 18.9. The van der Waals surface area contributed by atoms with Gasteiger partial charge < -0.3 is 14.2 Å². The minimum Gasteiger partial charge on any atom is -0.462 e. The molecule has 0 saturated carbocycles. The lowest BCUT2D eigenvalue weighted by Crippen LogP contribution is -2.30. The van der Waals surface area contributed by atoms with Crippen LogP contribution in [0.4, 0.5) is 0 Å². The highest BCUT2D eigenvalue weighted by atomic mass is 16.6. The molecule has 0 amide bonds. The van der Waals surface area contributed by atoms with Gasteiger partial charge in [-0.1, -0.05) is 253 Å². The summed E-state index contributed by atoms with van der Waals surface area (Å²) in [5.41, 5.74) is 0. The van der Waals surface area contributed by atoms with Crippen molar-refractivity contribution >= 4 is 17.9 Å². The molecule has 0 aromatic rings. The number of allylic oxidation sites excluding steroid dienone is 16. The molecule has 0 heterocycles. The Morgan fingerprint density at radius 3 is 1.04 bits per heavy atom. The number of carbonyl (C=O) groups is 3. The summed E-state index contributed by atoms with van der Waals surface area (Å²) >= 11 is 0. The van der Waals surface area contributed by atoms with E-state index in [4.69, 9.17) is 14.2 Å². The third-order valence-corrected chi connectivity index (χ3v) is 11.9. The Bertz CT molecular complexity index is 1360. The maximum absolute atomic E-state index is 12.8. The normalized spacial score (nSPS) is 12.8. The lowest BCUT2D eigenvalue weighted by molar-refractivity contribution is -0.167. The van der Waals surface area contributed by atoms with Crippen LogP contribution in [0.15, 0.2) is 97.2 Å². The average molecular weight is 946 g/mol. The first-order valence-electron chi connectivity index (χ1n) is 28.3. The highest BCUT2D eigenvalue weighted by Crippen LogP contribution is 2.15. The van der Waals surface area contributed by atoms with Crippen molar-refractivity contribution in [2.45, 2.75) is 264 Å². The molecule has 0 aliphatic heterocycles. The van der Waals surface area contributed by atoms with Crippen LogP contribution in [0, 0.1) is 0 Å². The first-order valence-corrected chi connectivity index (χ1v) is 28.3. The fourth-order valence-corrected chi connectivity index (χ4v) is 7.69. The van der Waals surface area contributed by atoms with Crippen molar-refractivity contribution in [2.75, 3.05) is 13.2 Å². The third kappa shape index (κ3) is 53.3. The van der Waals surface area contributed by atoms with Gasteiger partial charge in [-0.25, -0.2) is 0 Å². The van der Waals surface area contributed by atoms with E-state index in [0.29, 0.717) is 19.3 Å². The quantitative estimate of drug-likeness (QED) is 0.0199. The first kappa shape index (κ1) is 64.3. The summed E-state index contributed by atoms with van der Waals surface area (Å²) in [4.78, 5) is 38.1. The van der Waals surface area contributed by atoms with Gasteiger partial charge in [-0.3, -0.25) is 14.4 Å². The van der Waals surface area contributed by atoms with Crippen LogP contribution >= 0.6 is 0 Å². The summed E-state index contributed by atoms with van der Waals surface area (Å²) in [5.74, 6) is -0.992. The Morgan fingerprint density at radius 1 is 0.309 bits per heavy atom. The van der Waals surface area contributed by atoms with Crippen LogP contribution in [0.25, 0.3) is 0 Å². The molecule has 0 fully saturated rings. The fraction of sp³-hybridized carbons (Fsp3) is 0.694. The molecule has 6 heteroatoms. The lowest BCUT2D eigenvalue weighted by atomic mass is 10.1. The van der Waals surface area contributed by atoms with E-state index in [9.17, 15) is 14.4 Å². The van der Waals surface area contributed by atoms with Gasteiger partial charge in [-0.2, -0.15) is 0 Å². The van der Waals surface area contributed by atoms with Gasteiger partial charge in [-0.15, -0.1) is 0 Å². The molecule has 6 nitrogen and oxygen atoms in total. The Morgan fingerprint density at radius 2 is 0.603 bits per heavy atom. The van der Waals surface area contributed by atoms with E-state index in [1.54, 1.807) is 0 Å². The zero-order valence-electron chi connectivity index (χ0n) is 44.3. The minimum atomic E-state index is -0.813. The first-order chi connectivity index (χ1) is 33.5. The molecule has 0 aliphatic carbocycles. The molecule has 0 radical (unpaired) electrons. The predicted molar refractivity (Wildman–Crippen MR) is 293 cm³/mol. The van der Waals surface area contributed by atoms with Crippen molar-refractivity contribution in [1.29, 1.82) is 0 Å². The highest BCUT2D eigenvalue weighted by Gasteiger charge is 2.19. The molecule has 0 aliphatic rings. The monoisotopic (exact) mass is 945 g/mol. The van der Waals surface area contributed by atoms with Crippen LogP contribution in [-0.2, 0) is 28.6 Å². The van der Waals surface area contributed by atoms with E-state index in [2.05, 4.69) is 63.3 Å². The maximum Gasteiger partial charge on any atom is 0.306 e. The number of rotatable bonds is 50. The van der Waals surface area contributed by atoms with Crippen molar-refractivity contribution < 1.29 is 28.6 Å². The molecule has 0 aromatic heterocycles. The minimum absolute atomic E-state index is 0.105. The summed E-state index contributed by atoms with van der Waals surface area (Å²) in [6.07, 6.45) is 74.1. The Kier molecular flexibility index (Phi) is 52.9. The van der Waals surface area contributed by atoms with Gasteiger partial charge in [-0.05, 0) is 83.5 Å². The molecule has 0 N–H and O–H groups in total. The van der Waals surface area contributed by atoms with E-state index in [0.717, 1.165) is 64.2 Å². The molecule has 0 saturated heterocycles. The topological polar surface area (TPSA) is 78.9 Å². The van der Waals surface area contributed by atoms with E-state index in [-0.39, 0.29) is 37.5 Å². The van der Waals surface area contributed by atoms with Gasteiger partial charge in [0.2, 0.25) is 0 Å². The third-order valence-electron chi connectivity index (χ3n) is 11.9. The van der Waals surface area contributed by atoms with Crippen molar-refractivity contribution in [3.8, 4) is 0 Å². The summed E-state index contributed by atoms with van der Waals surface area (Å²) in [5, 5.41) is 0. The average Bonchev–Trinajstić information content (AvgIpc) is 3.34. The molecule has 1 atom stereocenters. The largest absolute Gasteiger partial charge is 0.462 e. The van der Waals surface area contributed by atoms with Crippen LogP contribution < -0.4 is 0 Å². The number of hydrogen-bond donors (Lipinski definition) is 0. The van der Waals surface area contributed by atoms with Crippen LogP contribution in [0.3, 0.4) is 0 Å². The second-order valence-corrected chi connectivity index (χ2v) is 18.6. The Balaban J connectivity index is 4.45. The van der Waals surface area contributed by atoms with Crippen molar-refractivity contribution in [3.63, 3.8) is 0 Å². The molecule has 1 unspecified atom stereocenters. The number of ether oxygens (including phenoxy) is 3. The fourth-order valence-electron chi connectivity index (χ4n) is 7.69. The summed E-state index contributed by atoms with van der Waals surface area (Å²) < 4.78 is 16.8. The summed E-state index contributed by atoms with van der Waals surface area (Å²) in [7, 11) is 0. The smallest absolute Gasteiger partial charge is 0.306 e. The van der Waals surface area contributed by atoms with Crippen LogP contribution in [0.5, 0.6) is 0 Å². The molecule has 0 spiro atoms. The molecular weight excluding hydrogens is 841 g/mol. The van der Waals surface area contributed by atoms with Gasteiger partial charge in [0.25, 0.3) is 0 Å². The molecule has 0 rings (SSSR count). The number of unbranched alkanes of at least 4 members (excludes halogenated alkanes) is 28. The van der Waals surface area contributed by atoms with Crippen molar-refractivity contribution in [1.82, 2.24) is 0 Å². The van der Waals surface area contributed by atoms with Gasteiger partial charge in [0.1, 0.15) is 13.2 Å². The molecule has 388 valence electrons. The van der Waals surface area contributed by atoms with Crippen LogP contribution in [0.2, 0.25) is 0 Å². The van der Waals surface area contributed by atoms with Gasteiger partial charge in [0.15, 0.2) is 6.10 Å². The van der Waals surface area contributed by atoms with Gasteiger partial charge >= 0.3 is 17.9 Å². The van der Waals surface area contributed by atoms with E-state index >= 15 is 0 Å². The van der Waals surface area contributed by atoms with E-state index < -0.39 is 6.10 Å². The molecule has 0 aromatic carbocycles. The zero-order valence-corrected chi connectivity index (χ0v) is 44.3. The van der Waals surface area contributed by atoms with Crippen LogP contribution in [-0.4, -0.2) is 37.2 Å². The zero-order chi connectivity index (χ0) is 49.3. The second kappa shape index (κ2) is 55.9. The maximum atomic E-state index is 12.8. The van der Waals surface area contributed by atoms with E-state index in [1.807, 2.05) is 54.7 Å². The highest BCUT2D eigenvalue weighted by molar-refractivity contribution is 5.71. The molecule has 68 heavy (non-hydrogen) atoms. The number of hydrogen-bond acceptors (Lipinski definition) is 6. The van der Waals surface area contributed by atoms with E-state index in [1.165, 1.54) is 148 Å². The SMILES string of the molecule is CC/C=C/C=C/C=C/C=C/C=C/CCCC(=O)OCC(COC(=O)CCCCCCCCCCCC/C=C/C=C/CCCCC)OC(=O)CCCCCCC/C=C/CCCCCCCCCCC. The second-order valence-electron chi connectivity index (χ2n) is 18.6. The Labute approximate surface area is 419 Å². The van der Waals surface area contributed by atoms with Crippen LogP contribution in [0.1, 0.15) is 258 Å². The molecular formula is C62H104O6. The van der Waals surface area contributed by atoms with Crippen molar-refractivity contribution in [3.05, 3.63) is 97.2 Å². The lowest BCUT2D eigenvalue weighted by Gasteiger charge is -2.18. The van der Waals surface area contributed by atoms with Gasteiger partial charge in [0.05, 0.1) is 0 Å². The number of carbonyl (C=O) groups excluding carboxylic acids is 3. The number of esters is 3. The molecule has 0 bridgehead atoms. The standard InChI is InChI=1S/C62H104O6/c1-4-7-10-13-16-19-22-25-27-29-31-33-34-37-40-43-46-49-52-55-61(64)67-58-59(57-66-60(63)54-51-48-45-42-39-36-24-21-18-15-12-9-6-3)68-62(65)56-53-50-47-44-41-38-35-32-30-28-26-23-20-17-14-11-8-5-2/h9,12,15-16,18-19,21-22,24-25,32,35-36,39,42,45,59H,4-8,10-11,13-14,17,20,23,26-31,33-34,37-38,40-41,43-44,46-58H2,1-3H3/b12-9+,18-15+,19-16+,24-21+,25-22+,35-32+,39-36+,45-42+. The van der Waals surface area contributed by atoms with Gasteiger partial charge in [0, 0.05) is 19.3 Å².